The lowest BCUT2D eigenvalue weighted by Crippen LogP contribution is -2.72. The Morgan fingerprint density at radius 2 is 2.13 bits per heavy atom. The van der Waals surface area contributed by atoms with Gasteiger partial charge in [0.25, 0.3) is 0 Å². The molecule has 1 fully saturated rings. The molecule has 0 radical (unpaired) electrons. The number of hydrogen-bond donors (Lipinski definition) is 1. The molecule has 23 heavy (non-hydrogen) atoms. The smallest absolute Gasteiger partial charge is 0.232 e. The molecule has 0 atom stereocenters. The zero-order valence-electron chi connectivity index (χ0n) is 14.4. The second-order valence-corrected chi connectivity index (χ2v) is 7.05. The molecule has 2 heterocycles. The van der Waals surface area contributed by atoms with Gasteiger partial charge in [-0.1, -0.05) is 25.4 Å². The van der Waals surface area contributed by atoms with Crippen LogP contribution >= 0.6 is 35.6 Å². The van der Waals surface area contributed by atoms with Gasteiger partial charge in [-0.15, -0.1) is 24.0 Å². The molecule has 130 valence electrons. The zero-order chi connectivity index (χ0) is 16.4. The molecular formula is C16H26ClIN4O. The van der Waals surface area contributed by atoms with E-state index in [4.69, 9.17) is 16.3 Å². The summed E-state index contributed by atoms with van der Waals surface area (Å²) in [5.74, 6) is 1.37. The molecule has 2 rings (SSSR count). The molecule has 1 aliphatic rings. The Hall–Kier alpha value is -0.760. The fourth-order valence-corrected chi connectivity index (χ4v) is 2.66. The van der Waals surface area contributed by atoms with Crippen LogP contribution in [-0.4, -0.2) is 48.1 Å². The van der Waals surface area contributed by atoms with Gasteiger partial charge in [0.2, 0.25) is 5.88 Å². The lowest BCUT2D eigenvalue weighted by molar-refractivity contribution is -0.0667. The van der Waals surface area contributed by atoms with E-state index in [1.807, 2.05) is 0 Å². The second kappa shape index (κ2) is 7.88. The predicted octanol–water partition coefficient (Wildman–Crippen LogP) is 3.43. The van der Waals surface area contributed by atoms with Crippen molar-refractivity contribution in [3.63, 3.8) is 0 Å². The molecule has 1 N–H and O–H groups in total. The van der Waals surface area contributed by atoms with Crippen LogP contribution in [0.4, 0.5) is 0 Å². The Kier molecular flexibility index (Phi) is 6.95. The van der Waals surface area contributed by atoms with E-state index in [0.29, 0.717) is 24.1 Å². The first-order valence-electron chi connectivity index (χ1n) is 7.51. The maximum Gasteiger partial charge on any atom is 0.232 e. The van der Waals surface area contributed by atoms with E-state index in [0.717, 1.165) is 12.5 Å². The summed E-state index contributed by atoms with van der Waals surface area (Å²) in [5.41, 5.74) is 0.364. The fraction of sp³-hybridized carbons (Fsp3) is 0.625. The lowest BCUT2D eigenvalue weighted by atomic mass is 9.65. The molecule has 0 amide bonds. The number of rotatable bonds is 4. The minimum atomic E-state index is 0. The Bertz CT molecular complexity index is 563. The Labute approximate surface area is 160 Å². The van der Waals surface area contributed by atoms with Crippen LogP contribution in [0, 0.1) is 5.41 Å². The van der Waals surface area contributed by atoms with E-state index in [9.17, 15) is 0 Å². The summed E-state index contributed by atoms with van der Waals surface area (Å²) >= 11 is 6.00. The van der Waals surface area contributed by atoms with E-state index in [1.54, 1.807) is 25.4 Å². The highest BCUT2D eigenvalue weighted by Crippen LogP contribution is 2.46. The van der Waals surface area contributed by atoms with Gasteiger partial charge in [-0.05, 0) is 26.0 Å². The number of hydrogen-bond acceptors (Lipinski definition) is 3. The van der Waals surface area contributed by atoms with Gasteiger partial charge in [-0.3, -0.25) is 4.99 Å². The first kappa shape index (κ1) is 20.3. The van der Waals surface area contributed by atoms with Crippen LogP contribution in [0.1, 0.15) is 27.7 Å². The standard InChI is InChI=1S/C16H25ClN4O.HI/c1-15(2)11-21(16(15,3)4)14(18-5)20-9-10-22-13-12(17)7-6-8-19-13;/h6-8H,9-11H2,1-5H3,(H,18,20);1H. The molecule has 0 aliphatic carbocycles. The number of aromatic nitrogens is 1. The van der Waals surface area contributed by atoms with Crippen LogP contribution in [0.5, 0.6) is 5.88 Å². The molecule has 1 aromatic rings. The number of halogens is 2. The lowest BCUT2D eigenvalue weighted by Gasteiger charge is -2.62. The SMILES string of the molecule is CN=C(NCCOc1ncccc1Cl)N1CC(C)(C)C1(C)C.I. The summed E-state index contributed by atoms with van der Waals surface area (Å²) in [6, 6.07) is 3.55. The third-order valence-corrected chi connectivity index (χ3v) is 4.99. The monoisotopic (exact) mass is 452 g/mol. The normalized spacial score (nSPS) is 18.7. The van der Waals surface area contributed by atoms with Crippen LogP contribution in [0.3, 0.4) is 0 Å². The number of nitrogens with zero attached hydrogens (tertiary/aromatic N) is 3. The molecule has 0 spiro atoms. The highest BCUT2D eigenvalue weighted by molar-refractivity contribution is 14.0. The van der Waals surface area contributed by atoms with E-state index >= 15 is 0 Å². The van der Waals surface area contributed by atoms with Crippen LogP contribution in [0.25, 0.3) is 0 Å². The van der Waals surface area contributed by atoms with Gasteiger partial charge in [0.05, 0.1) is 6.54 Å². The molecule has 5 nitrogen and oxygen atoms in total. The Balaban J connectivity index is 0.00000264. The average molecular weight is 453 g/mol. The molecule has 7 heteroatoms. The maximum atomic E-state index is 6.00. The molecule has 0 unspecified atom stereocenters. The van der Waals surface area contributed by atoms with Gasteiger partial charge in [0, 0.05) is 30.7 Å². The number of ether oxygens (including phenoxy) is 1. The van der Waals surface area contributed by atoms with Gasteiger partial charge >= 0.3 is 0 Å². The van der Waals surface area contributed by atoms with Crippen LogP contribution in [0.15, 0.2) is 23.3 Å². The van der Waals surface area contributed by atoms with E-state index in [1.165, 1.54) is 0 Å². The van der Waals surface area contributed by atoms with Crippen molar-refractivity contribution in [1.82, 2.24) is 15.2 Å². The van der Waals surface area contributed by atoms with Gasteiger partial charge in [-0.25, -0.2) is 4.98 Å². The van der Waals surface area contributed by atoms with Crippen LogP contribution < -0.4 is 10.1 Å². The first-order valence-corrected chi connectivity index (χ1v) is 7.89. The van der Waals surface area contributed by atoms with Gasteiger partial charge < -0.3 is 15.0 Å². The quantitative estimate of drug-likeness (QED) is 0.329. The summed E-state index contributed by atoms with van der Waals surface area (Å²) in [4.78, 5) is 10.8. The van der Waals surface area contributed by atoms with Crippen molar-refractivity contribution in [3.05, 3.63) is 23.4 Å². The number of nitrogens with one attached hydrogen (secondary N) is 1. The molecule has 0 bridgehead atoms. The maximum absolute atomic E-state index is 6.00. The van der Waals surface area contributed by atoms with Gasteiger partial charge in [-0.2, -0.15) is 0 Å². The summed E-state index contributed by atoms with van der Waals surface area (Å²) in [7, 11) is 1.81. The molecule has 0 aromatic carbocycles. The van der Waals surface area contributed by atoms with Gasteiger partial charge in [0.15, 0.2) is 5.96 Å². The predicted molar refractivity (Wildman–Crippen MR) is 106 cm³/mol. The second-order valence-electron chi connectivity index (χ2n) is 6.64. The number of pyridine rings is 1. The molecule has 1 aliphatic heterocycles. The van der Waals surface area contributed by atoms with Gasteiger partial charge in [0.1, 0.15) is 11.6 Å². The van der Waals surface area contributed by atoms with Crippen molar-refractivity contribution in [3.8, 4) is 5.88 Å². The summed E-state index contributed by atoms with van der Waals surface area (Å²) in [6.45, 7) is 11.2. The van der Waals surface area contributed by atoms with Crippen LogP contribution in [-0.2, 0) is 0 Å². The first-order chi connectivity index (χ1) is 10.3. The molecule has 0 saturated carbocycles. The zero-order valence-corrected chi connectivity index (χ0v) is 17.5. The topological polar surface area (TPSA) is 49.8 Å². The van der Waals surface area contributed by atoms with E-state index in [2.05, 4.69) is 47.9 Å². The fourth-order valence-electron chi connectivity index (χ4n) is 2.48. The average Bonchev–Trinajstić information content (AvgIpc) is 2.47. The Morgan fingerprint density at radius 3 is 2.65 bits per heavy atom. The van der Waals surface area contributed by atoms with Crippen molar-refractivity contribution in [2.75, 3.05) is 26.7 Å². The number of likely N-dealkylation sites (tertiary alicyclic amines) is 1. The minimum Gasteiger partial charge on any atom is -0.475 e. The third-order valence-electron chi connectivity index (χ3n) is 4.70. The Morgan fingerprint density at radius 1 is 1.43 bits per heavy atom. The number of aliphatic imine (C=N–C) groups is 1. The van der Waals surface area contributed by atoms with Crippen molar-refractivity contribution < 1.29 is 4.74 Å². The minimum absolute atomic E-state index is 0. The summed E-state index contributed by atoms with van der Waals surface area (Å²) < 4.78 is 5.58. The van der Waals surface area contributed by atoms with Crippen molar-refractivity contribution >= 4 is 41.5 Å². The molecule has 1 aromatic heterocycles. The van der Waals surface area contributed by atoms with Crippen molar-refractivity contribution in [1.29, 1.82) is 0 Å². The highest BCUT2D eigenvalue weighted by atomic mass is 127. The third kappa shape index (κ3) is 4.21. The molecule has 1 saturated heterocycles. The largest absolute Gasteiger partial charge is 0.475 e. The summed E-state index contributed by atoms with van der Waals surface area (Å²) in [5, 5.41) is 3.86. The summed E-state index contributed by atoms with van der Waals surface area (Å²) in [6.07, 6.45) is 1.66. The van der Waals surface area contributed by atoms with Crippen molar-refractivity contribution in [2.45, 2.75) is 33.2 Å². The number of guanidine groups is 1. The van der Waals surface area contributed by atoms with E-state index in [-0.39, 0.29) is 34.9 Å². The highest BCUT2D eigenvalue weighted by Gasteiger charge is 2.53. The van der Waals surface area contributed by atoms with Crippen molar-refractivity contribution in [2.24, 2.45) is 10.4 Å². The van der Waals surface area contributed by atoms with E-state index < -0.39 is 0 Å². The molecular weight excluding hydrogens is 427 g/mol. The van der Waals surface area contributed by atoms with Crippen LogP contribution in [0.2, 0.25) is 5.02 Å².